The quantitative estimate of drug-likeness (QED) is 0.341. The molecule has 0 aliphatic heterocycles. The Labute approximate surface area is 181 Å². The van der Waals surface area contributed by atoms with Crippen LogP contribution in [0.2, 0.25) is 0 Å². The van der Waals surface area contributed by atoms with Crippen LogP contribution in [0.4, 0.5) is 0 Å². The molecule has 2 nitrogen and oxygen atoms in total. The Morgan fingerprint density at radius 2 is 1.06 bits per heavy atom. The molecule has 1 aromatic heterocycles. The number of benzene rings is 4. The third kappa shape index (κ3) is 2.58. The highest BCUT2D eigenvalue weighted by atomic mass is 14.9. The minimum absolute atomic E-state index is 0.441. The fourth-order valence-corrected chi connectivity index (χ4v) is 4.91. The molecule has 0 radical (unpaired) electrons. The molecule has 1 heterocycles. The van der Waals surface area contributed by atoms with Crippen LogP contribution in [0.3, 0.4) is 0 Å². The second-order valence-electron chi connectivity index (χ2n) is 7.85. The number of hydrogen-bond donors (Lipinski definition) is 0. The summed E-state index contributed by atoms with van der Waals surface area (Å²) < 4.78 is 0. The predicted molar refractivity (Wildman–Crippen MR) is 125 cm³/mol. The zero-order valence-electron chi connectivity index (χ0n) is 16.9. The lowest BCUT2D eigenvalue weighted by molar-refractivity contribution is 0.761. The van der Waals surface area contributed by atoms with Crippen LogP contribution < -0.4 is 0 Å². The van der Waals surface area contributed by atoms with E-state index in [0.29, 0.717) is 0 Å². The van der Waals surface area contributed by atoms with E-state index in [1.54, 1.807) is 0 Å². The van der Waals surface area contributed by atoms with Crippen molar-refractivity contribution in [1.82, 2.24) is 9.97 Å². The smallest absolute Gasteiger partial charge is 0.159 e. The molecule has 0 unspecified atom stereocenters. The maximum Gasteiger partial charge on any atom is 0.159 e. The van der Waals surface area contributed by atoms with Gasteiger partial charge in [-0.1, -0.05) is 115 Å². The maximum atomic E-state index is 5.10. The average Bonchev–Trinajstić information content (AvgIpc) is 3.16. The van der Waals surface area contributed by atoms with E-state index in [1.165, 1.54) is 22.3 Å². The molecule has 0 saturated carbocycles. The van der Waals surface area contributed by atoms with Gasteiger partial charge in [-0.2, -0.15) is 0 Å². The third-order valence-electron chi connectivity index (χ3n) is 6.22. The molecular formula is C29H20N2. The van der Waals surface area contributed by atoms with Gasteiger partial charge in [-0.15, -0.1) is 0 Å². The largest absolute Gasteiger partial charge is 0.236 e. The molecule has 31 heavy (non-hydrogen) atoms. The zero-order chi connectivity index (χ0) is 20.7. The lowest BCUT2D eigenvalue weighted by atomic mass is 9.68. The Balaban J connectivity index is 1.72. The van der Waals surface area contributed by atoms with Gasteiger partial charge in [-0.25, -0.2) is 9.97 Å². The van der Waals surface area contributed by atoms with Crippen molar-refractivity contribution in [2.24, 2.45) is 0 Å². The van der Waals surface area contributed by atoms with Crippen LogP contribution >= 0.6 is 0 Å². The van der Waals surface area contributed by atoms with Crippen molar-refractivity contribution < 1.29 is 0 Å². The fraction of sp³-hybridized carbons (Fsp3) is 0.0345. The highest BCUT2D eigenvalue weighted by Gasteiger charge is 2.47. The zero-order valence-corrected chi connectivity index (χ0v) is 16.9. The molecule has 0 spiro atoms. The molecule has 2 heteroatoms. The molecule has 4 aromatic carbocycles. The Kier molecular flexibility index (Phi) is 4.03. The van der Waals surface area contributed by atoms with Gasteiger partial charge in [0.1, 0.15) is 0 Å². The first-order chi connectivity index (χ1) is 15.4. The van der Waals surface area contributed by atoms with Crippen molar-refractivity contribution in [3.63, 3.8) is 0 Å². The third-order valence-corrected chi connectivity index (χ3v) is 6.22. The van der Waals surface area contributed by atoms with E-state index in [4.69, 9.17) is 9.97 Å². The van der Waals surface area contributed by atoms with Gasteiger partial charge in [0.2, 0.25) is 0 Å². The van der Waals surface area contributed by atoms with Gasteiger partial charge in [0.05, 0.1) is 11.1 Å². The van der Waals surface area contributed by atoms with E-state index < -0.39 is 5.41 Å². The van der Waals surface area contributed by atoms with E-state index in [2.05, 4.69) is 97.1 Å². The minimum Gasteiger partial charge on any atom is -0.236 e. The molecule has 0 amide bonds. The molecule has 0 N–H and O–H groups in total. The van der Waals surface area contributed by atoms with Crippen molar-refractivity contribution in [2.45, 2.75) is 5.41 Å². The van der Waals surface area contributed by atoms with E-state index in [0.717, 1.165) is 22.6 Å². The summed E-state index contributed by atoms with van der Waals surface area (Å²) in [6.07, 6.45) is 2.03. The van der Waals surface area contributed by atoms with Crippen LogP contribution in [-0.4, -0.2) is 9.97 Å². The van der Waals surface area contributed by atoms with Crippen LogP contribution in [0.5, 0.6) is 0 Å². The number of nitrogens with zero attached hydrogens (tertiary/aromatic N) is 2. The molecule has 0 saturated heterocycles. The van der Waals surface area contributed by atoms with E-state index >= 15 is 0 Å². The summed E-state index contributed by atoms with van der Waals surface area (Å²) in [4.78, 5) is 9.94. The molecule has 0 fully saturated rings. The monoisotopic (exact) mass is 396 g/mol. The molecule has 0 atom stereocenters. The Hall–Kier alpha value is -4.04. The molecule has 0 bridgehead atoms. The van der Waals surface area contributed by atoms with Gasteiger partial charge in [0.15, 0.2) is 5.82 Å². The molecule has 5 aromatic rings. The normalized spacial score (nSPS) is 13.4. The number of hydrogen-bond acceptors (Lipinski definition) is 2. The summed E-state index contributed by atoms with van der Waals surface area (Å²) >= 11 is 0. The van der Waals surface area contributed by atoms with Crippen LogP contribution in [0.25, 0.3) is 22.6 Å². The molecule has 6 rings (SSSR count). The van der Waals surface area contributed by atoms with Gasteiger partial charge >= 0.3 is 0 Å². The number of aromatic nitrogens is 2. The predicted octanol–water partition coefficient (Wildman–Crippen LogP) is 6.51. The number of rotatable bonds is 3. The van der Waals surface area contributed by atoms with Crippen LogP contribution in [0.15, 0.2) is 121 Å². The van der Waals surface area contributed by atoms with Crippen molar-refractivity contribution in [1.29, 1.82) is 0 Å². The standard InChI is InChI=1S/C29H20N2/c1-4-12-21(13-5-1)28-30-20-26-27(31-28)24-18-10-11-19-25(24)29(26,22-14-6-2-7-15-22)23-16-8-3-9-17-23/h1-20H. The summed E-state index contributed by atoms with van der Waals surface area (Å²) in [6.45, 7) is 0. The SMILES string of the molecule is c1ccc(-c2ncc3c(n2)-c2ccccc2C3(c2ccccc2)c2ccccc2)cc1. The van der Waals surface area contributed by atoms with Crippen molar-refractivity contribution in [2.75, 3.05) is 0 Å². The fourth-order valence-electron chi connectivity index (χ4n) is 4.91. The maximum absolute atomic E-state index is 5.10. The lowest BCUT2D eigenvalue weighted by Crippen LogP contribution is -2.28. The summed E-state index contributed by atoms with van der Waals surface area (Å²) in [5, 5.41) is 0. The molecule has 1 aliphatic rings. The van der Waals surface area contributed by atoms with Crippen LogP contribution in [0.1, 0.15) is 22.3 Å². The lowest BCUT2D eigenvalue weighted by Gasteiger charge is -2.33. The van der Waals surface area contributed by atoms with Gasteiger partial charge < -0.3 is 0 Å². The van der Waals surface area contributed by atoms with Crippen LogP contribution in [0, 0.1) is 0 Å². The summed E-state index contributed by atoms with van der Waals surface area (Å²) in [6, 6.07) is 40.3. The van der Waals surface area contributed by atoms with Gasteiger partial charge in [0.25, 0.3) is 0 Å². The van der Waals surface area contributed by atoms with Crippen LogP contribution in [-0.2, 0) is 5.41 Å². The topological polar surface area (TPSA) is 25.8 Å². The van der Waals surface area contributed by atoms with Crippen molar-refractivity contribution >= 4 is 0 Å². The Morgan fingerprint density at radius 1 is 0.516 bits per heavy atom. The Morgan fingerprint density at radius 3 is 1.71 bits per heavy atom. The first kappa shape index (κ1) is 17.8. The Bertz CT molecular complexity index is 1320. The minimum atomic E-state index is -0.441. The van der Waals surface area contributed by atoms with Gasteiger partial charge in [0, 0.05) is 22.9 Å². The van der Waals surface area contributed by atoms with E-state index in [1.807, 2.05) is 24.4 Å². The van der Waals surface area contributed by atoms with Gasteiger partial charge in [-0.05, 0) is 16.7 Å². The molecular weight excluding hydrogens is 376 g/mol. The molecule has 1 aliphatic carbocycles. The van der Waals surface area contributed by atoms with Crippen molar-refractivity contribution in [3.05, 3.63) is 144 Å². The summed E-state index contributed by atoms with van der Waals surface area (Å²) in [7, 11) is 0. The van der Waals surface area contributed by atoms with E-state index in [-0.39, 0.29) is 0 Å². The molecule has 146 valence electrons. The average molecular weight is 396 g/mol. The van der Waals surface area contributed by atoms with Crippen molar-refractivity contribution in [3.8, 4) is 22.6 Å². The summed E-state index contributed by atoms with van der Waals surface area (Å²) in [5.74, 6) is 0.756. The van der Waals surface area contributed by atoms with Gasteiger partial charge in [-0.3, -0.25) is 0 Å². The second kappa shape index (κ2) is 7.03. The van der Waals surface area contributed by atoms with E-state index in [9.17, 15) is 0 Å². The highest BCUT2D eigenvalue weighted by molar-refractivity contribution is 5.84. The first-order valence-electron chi connectivity index (χ1n) is 10.5. The summed E-state index contributed by atoms with van der Waals surface area (Å²) in [5.41, 5.74) is 7.60. The first-order valence-corrected chi connectivity index (χ1v) is 10.5. The highest BCUT2D eigenvalue weighted by Crippen LogP contribution is 2.55. The second-order valence-corrected chi connectivity index (χ2v) is 7.85. The number of fused-ring (bicyclic) bond motifs is 3.